The van der Waals surface area contributed by atoms with Crippen LogP contribution in [0.25, 0.3) is 5.69 Å². The van der Waals surface area contributed by atoms with E-state index in [0.29, 0.717) is 5.69 Å². The second-order valence-electron chi connectivity index (χ2n) is 3.33. The van der Waals surface area contributed by atoms with Crippen molar-refractivity contribution in [3.05, 3.63) is 47.8 Å². The van der Waals surface area contributed by atoms with Crippen molar-refractivity contribution in [3.63, 3.8) is 0 Å². The van der Waals surface area contributed by atoms with E-state index in [0.717, 1.165) is 10.9 Å². The number of alkyl halides is 3. The first-order valence-electron chi connectivity index (χ1n) is 4.70. The molecule has 1 aromatic heterocycles. The van der Waals surface area contributed by atoms with Crippen LogP contribution < -0.4 is 0 Å². The van der Waals surface area contributed by atoms with Crippen molar-refractivity contribution in [2.45, 2.75) is 6.18 Å². The third-order valence-corrected chi connectivity index (χ3v) is 2.16. The fourth-order valence-corrected chi connectivity index (χ4v) is 1.41. The average Bonchev–Trinajstić information content (AvgIpc) is 2.74. The number of aldehydes is 1. The maximum Gasteiger partial charge on any atom is 0.435 e. The van der Waals surface area contributed by atoms with Gasteiger partial charge >= 0.3 is 6.18 Å². The Morgan fingerprint density at radius 1 is 1.18 bits per heavy atom. The van der Waals surface area contributed by atoms with Crippen LogP contribution in [0.15, 0.2) is 36.5 Å². The molecule has 88 valence electrons. The van der Waals surface area contributed by atoms with E-state index in [4.69, 9.17) is 0 Å². The lowest BCUT2D eigenvalue weighted by Gasteiger charge is -2.02. The van der Waals surface area contributed by atoms with E-state index in [2.05, 4.69) is 5.10 Å². The number of nitrogens with zero attached hydrogens (tertiary/aromatic N) is 2. The summed E-state index contributed by atoms with van der Waals surface area (Å²) in [7, 11) is 0. The second-order valence-corrected chi connectivity index (χ2v) is 3.33. The van der Waals surface area contributed by atoms with Crippen molar-refractivity contribution in [1.82, 2.24) is 9.78 Å². The summed E-state index contributed by atoms with van der Waals surface area (Å²) < 4.78 is 38.6. The topological polar surface area (TPSA) is 34.9 Å². The van der Waals surface area contributed by atoms with Gasteiger partial charge in [-0.05, 0) is 12.1 Å². The van der Waals surface area contributed by atoms with Gasteiger partial charge in [0.1, 0.15) is 0 Å². The molecular formula is C11H7F3N2O. The van der Waals surface area contributed by atoms with E-state index in [1.165, 1.54) is 0 Å². The first kappa shape index (κ1) is 11.4. The van der Waals surface area contributed by atoms with Crippen LogP contribution in [0.3, 0.4) is 0 Å². The average molecular weight is 240 g/mol. The smallest absolute Gasteiger partial charge is 0.298 e. The summed E-state index contributed by atoms with van der Waals surface area (Å²) in [5.74, 6) is 0. The normalized spacial score (nSPS) is 11.5. The van der Waals surface area contributed by atoms with Crippen LogP contribution in [0.2, 0.25) is 0 Å². The van der Waals surface area contributed by atoms with Crippen LogP contribution in [0.4, 0.5) is 13.2 Å². The van der Waals surface area contributed by atoms with Crippen LogP contribution in [0, 0.1) is 0 Å². The van der Waals surface area contributed by atoms with E-state index in [9.17, 15) is 18.0 Å². The highest BCUT2D eigenvalue weighted by Gasteiger charge is 2.37. The summed E-state index contributed by atoms with van der Waals surface area (Å²) >= 11 is 0. The number of halogens is 3. The Hall–Kier alpha value is -2.11. The molecule has 0 aliphatic rings. The van der Waals surface area contributed by atoms with Crippen LogP contribution in [0.1, 0.15) is 16.1 Å². The predicted molar refractivity (Wildman–Crippen MR) is 54.0 cm³/mol. The van der Waals surface area contributed by atoms with Gasteiger partial charge in [0.05, 0.1) is 11.3 Å². The Morgan fingerprint density at radius 3 is 2.29 bits per heavy atom. The molecule has 0 fully saturated rings. The Balaban J connectivity index is 2.53. The minimum atomic E-state index is -4.63. The van der Waals surface area contributed by atoms with Crippen LogP contribution in [-0.2, 0) is 6.18 Å². The quantitative estimate of drug-likeness (QED) is 0.756. The highest BCUT2D eigenvalue weighted by atomic mass is 19.4. The standard InChI is InChI=1S/C11H7F3N2O/c12-11(13,14)10-8(7-17)6-16(15-10)9-4-2-1-3-5-9/h1-7H. The van der Waals surface area contributed by atoms with Gasteiger partial charge in [-0.15, -0.1) is 0 Å². The summed E-state index contributed by atoms with van der Waals surface area (Å²) in [5.41, 5.74) is -1.18. The summed E-state index contributed by atoms with van der Waals surface area (Å²) in [4.78, 5) is 10.6. The number of aromatic nitrogens is 2. The van der Waals surface area contributed by atoms with Gasteiger partial charge in [0.15, 0.2) is 12.0 Å². The number of rotatable bonds is 2. The number of hydrogen-bond donors (Lipinski definition) is 0. The van der Waals surface area contributed by atoms with Gasteiger partial charge in [-0.25, -0.2) is 4.68 Å². The van der Waals surface area contributed by atoms with Crippen molar-refractivity contribution < 1.29 is 18.0 Å². The second kappa shape index (κ2) is 4.04. The molecule has 0 radical (unpaired) electrons. The van der Waals surface area contributed by atoms with Crippen molar-refractivity contribution in [2.75, 3.05) is 0 Å². The molecule has 0 aliphatic carbocycles. The fourth-order valence-electron chi connectivity index (χ4n) is 1.41. The highest BCUT2D eigenvalue weighted by Crippen LogP contribution is 2.30. The molecule has 0 saturated heterocycles. The van der Waals surface area contributed by atoms with Gasteiger partial charge in [-0.3, -0.25) is 4.79 Å². The van der Waals surface area contributed by atoms with Gasteiger partial charge in [0, 0.05) is 6.20 Å². The third kappa shape index (κ3) is 2.20. The molecule has 1 heterocycles. The third-order valence-electron chi connectivity index (χ3n) is 2.16. The zero-order chi connectivity index (χ0) is 12.5. The van der Waals surface area contributed by atoms with Gasteiger partial charge in [0.25, 0.3) is 0 Å². The van der Waals surface area contributed by atoms with Crippen molar-refractivity contribution in [2.24, 2.45) is 0 Å². The zero-order valence-corrected chi connectivity index (χ0v) is 8.48. The molecule has 2 aromatic rings. The summed E-state index contributed by atoms with van der Waals surface area (Å²) in [5, 5.41) is 3.38. The Kier molecular flexibility index (Phi) is 2.71. The van der Waals surface area contributed by atoms with Crippen LogP contribution >= 0.6 is 0 Å². The molecule has 6 heteroatoms. The Labute approximate surface area is 94.5 Å². The summed E-state index contributed by atoms with van der Waals surface area (Å²) in [6, 6.07) is 8.28. The van der Waals surface area contributed by atoms with E-state index < -0.39 is 17.4 Å². The van der Waals surface area contributed by atoms with Gasteiger partial charge < -0.3 is 0 Å². The van der Waals surface area contributed by atoms with E-state index in [1.807, 2.05) is 0 Å². The lowest BCUT2D eigenvalue weighted by Crippen LogP contribution is -2.09. The first-order chi connectivity index (χ1) is 8.02. The van der Waals surface area contributed by atoms with Crippen molar-refractivity contribution in [1.29, 1.82) is 0 Å². The van der Waals surface area contributed by atoms with Gasteiger partial charge in [-0.1, -0.05) is 18.2 Å². The number of carbonyl (C=O) groups is 1. The van der Waals surface area contributed by atoms with Gasteiger partial charge in [-0.2, -0.15) is 18.3 Å². The Bertz CT molecular complexity index is 531. The molecule has 0 atom stereocenters. The molecule has 1 aromatic carbocycles. The molecule has 0 N–H and O–H groups in total. The highest BCUT2D eigenvalue weighted by molar-refractivity contribution is 5.76. The predicted octanol–water partition coefficient (Wildman–Crippen LogP) is 2.70. The number of carbonyl (C=O) groups excluding carboxylic acids is 1. The number of hydrogen-bond acceptors (Lipinski definition) is 2. The van der Waals surface area contributed by atoms with E-state index in [1.54, 1.807) is 30.3 Å². The molecule has 0 amide bonds. The van der Waals surface area contributed by atoms with Crippen LogP contribution in [0.5, 0.6) is 0 Å². The minimum absolute atomic E-state index is 0.148. The molecule has 0 aliphatic heterocycles. The maximum absolute atomic E-state index is 12.5. The largest absolute Gasteiger partial charge is 0.435 e. The van der Waals surface area contributed by atoms with E-state index >= 15 is 0 Å². The van der Waals surface area contributed by atoms with Crippen molar-refractivity contribution in [3.8, 4) is 5.69 Å². The maximum atomic E-state index is 12.5. The lowest BCUT2D eigenvalue weighted by molar-refractivity contribution is -0.141. The zero-order valence-electron chi connectivity index (χ0n) is 8.48. The lowest BCUT2D eigenvalue weighted by atomic mass is 10.2. The Morgan fingerprint density at radius 2 is 1.82 bits per heavy atom. The summed E-state index contributed by atoms with van der Waals surface area (Å²) in [6.07, 6.45) is -3.42. The van der Waals surface area contributed by atoms with Gasteiger partial charge in [0.2, 0.25) is 0 Å². The minimum Gasteiger partial charge on any atom is -0.298 e. The molecule has 17 heavy (non-hydrogen) atoms. The SMILES string of the molecule is O=Cc1cn(-c2ccccc2)nc1C(F)(F)F. The molecule has 3 nitrogen and oxygen atoms in total. The molecule has 2 rings (SSSR count). The molecule has 0 spiro atoms. The van der Waals surface area contributed by atoms with Crippen LogP contribution in [-0.4, -0.2) is 16.1 Å². The number of benzene rings is 1. The monoisotopic (exact) mass is 240 g/mol. The van der Waals surface area contributed by atoms with E-state index in [-0.39, 0.29) is 6.29 Å². The molecule has 0 saturated carbocycles. The fraction of sp³-hybridized carbons (Fsp3) is 0.0909. The molecule has 0 unspecified atom stereocenters. The number of para-hydroxylation sites is 1. The first-order valence-corrected chi connectivity index (χ1v) is 4.70. The summed E-state index contributed by atoms with van der Waals surface area (Å²) in [6.45, 7) is 0. The van der Waals surface area contributed by atoms with Crippen molar-refractivity contribution >= 4 is 6.29 Å². The molecule has 0 bridgehead atoms. The molecular weight excluding hydrogens is 233 g/mol.